The van der Waals surface area contributed by atoms with Crippen molar-refractivity contribution < 1.29 is 13.6 Å². The van der Waals surface area contributed by atoms with Crippen molar-refractivity contribution in [3.8, 4) is 11.8 Å². The first-order valence-corrected chi connectivity index (χ1v) is 11.2. The molecule has 0 spiro atoms. The molecule has 0 atom stereocenters. The van der Waals surface area contributed by atoms with Crippen molar-refractivity contribution in [2.75, 3.05) is 11.1 Å². The fourth-order valence-corrected chi connectivity index (χ4v) is 4.63. The molecule has 0 saturated heterocycles. The Balaban J connectivity index is 1.74. The lowest BCUT2D eigenvalue weighted by Gasteiger charge is -2.14. The molecule has 1 amide bonds. The van der Waals surface area contributed by atoms with Crippen molar-refractivity contribution in [2.45, 2.75) is 5.16 Å². The van der Waals surface area contributed by atoms with Gasteiger partial charge in [-0.1, -0.05) is 23.4 Å². The average molecular weight is 489 g/mol. The van der Waals surface area contributed by atoms with Crippen LogP contribution < -0.4 is 10.9 Å². The van der Waals surface area contributed by atoms with Gasteiger partial charge in [-0.3, -0.25) is 14.2 Å². The van der Waals surface area contributed by atoms with Crippen LogP contribution in [0.4, 0.5) is 13.8 Å². The normalized spacial score (nSPS) is 10.8. The van der Waals surface area contributed by atoms with Crippen LogP contribution in [0.3, 0.4) is 0 Å². The summed E-state index contributed by atoms with van der Waals surface area (Å²) in [5.74, 6) is -2.37. The van der Waals surface area contributed by atoms with Gasteiger partial charge >= 0.3 is 0 Å². The smallest absolute Gasteiger partial charge is 0.266 e. The van der Waals surface area contributed by atoms with Crippen molar-refractivity contribution in [3.05, 3.63) is 80.4 Å². The van der Waals surface area contributed by atoms with Crippen molar-refractivity contribution in [1.82, 2.24) is 9.55 Å². The van der Waals surface area contributed by atoms with Crippen LogP contribution >= 0.6 is 34.7 Å². The number of nitrogens with one attached hydrogen (secondary N) is 1. The molecular weight excluding hydrogens is 478 g/mol. The Kier molecular flexibility index (Phi) is 6.23. The Hall–Kier alpha value is -3.26. The molecule has 160 valence electrons. The Morgan fingerprint density at radius 3 is 2.81 bits per heavy atom. The lowest BCUT2D eigenvalue weighted by Crippen LogP contribution is -2.24. The SMILES string of the molecule is N#Cc1ccsc1NC(=O)CSc1nc2ccc(Cl)cc2c(=O)n1-c1ccc(F)cc1F. The number of rotatable bonds is 5. The number of amides is 1. The van der Waals surface area contributed by atoms with Gasteiger partial charge in [0.1, 0.15) is 22.7 Å². The summed E-state index contributed by atoms with van der Waals surface area (Å²) in [5, 5.41) is 14.3. The highest BCUT2D eigenvalue weighted by Gasteiger charge is 2.18. The number of carbonyl (C=O) groups excluding carboxylic acids is 1. The van der Waals surface area contributed by atoms with Crippen LogP contribution in [0, 0.1) is 23.0 Å². The van der Waals surface area contributed by atoms with Crippen LogP contribution in [-0.4, -0.2) is 21.2 Å². The van der Waals surface area contributed by atoms with Gasteiger partial charge in [0, 0.05) is 11.1 Å². The van der Waals surface area contributed by atoms with Crippen LogP contribution in [-0.2, 0) is 4.79 Å². The highest BCUT2D eigenvalue weighted by molar-refractivity contribution is 7.99. The number of carbonyl (C=O) groups is 1. The molecular formula is C21H11ClF2N4O2S2. The molecule has 0 bridgehead atoms. The van der Waals surface area contributed by atoms with E-state index >= 15 is 0 Å². The summed E-state index contributed by atoms with van der Waals surface area (Å²) < 4.78 is 28.9. The van der Waals surface area contributed by atoms with Gasteiger partial charge in [-0.2, -0.15) is 5.26 Å². The van der Waals surface area contributed by atoms with Crippen LogP contribution in [0.1, 0.15) is 5.56 Å². The van der Waals surface area contributed by atoms with Gasteiger partial charge in [0.05, 0.1) is 27.9 Å². The molecule has 32 heavy (non-hydrogen) atoms. The Bertz CT molecular complexity index is 1460. The zero-order chi connectivity index (χ0) is 22.8. The molecule has 4 aromatic rings. The predicted molar refractivity (Wildman–Crippen MR) is 121 cm³/mol. The first-order valence-electron chi connectivity index (χ1n) is 8.95. The Labute approximate surface area is 193 Å². The molecule has 0 unspecified atom stereocenters. The van der Waals surface area contributed by atoms with Gasteiger partial charge in [0.2, 0.25) is 5.91 Å². The number of aromatic nitrogens is 2. The molecule has 2 heterocycles. The second kappa shape index (κ2) is 9.08. The maximum absolute atomic E-state index is 14.5. The van der Waals surface area contributed by atoms with E-state index in [-0.39, 0.29) is 22.0 Å². The van der Waals surface area contributed by atoms with E-state index in [0.717, 1.165) is 28.5 Å². The summed E-state index contributed by atoms with van der Waals surface area (Å²) in [6.45, 7) is 0. The largest absolute Gasteiger partial charge is 0.316 e. The van der Waals surface area contributed by atoms with E-state index in [9.17, 15) is 18.4 Å². The van der Waals surface area contributed by atoms with Gasteiger partial charge in [-0.25, -0.2) is 13.8 Å². The molecule has 11 heteroatoms. The number of benzene rings is 2. The van der Waals surface area contributed by atoms with Gasteiger partial charge < -0.3 is 5.32 Å². The van der Waals surface area contributed by atoms with E-state index in [1.165, 1.54) is 17.4 Å². The van der Waals surface area contributed by atoms with E-state index in [4.69, 9.17) is 16.9 Å². The van der Waals surface area contributed by atoms with Gasteiger partial charge in [-0.15, -0.1) is 11.3 Å². The van der Waals surface area contributed by atoms with E-state index in [1.54, 1.807) is 23.6 Å². The van der Waals surface area contributed by atoms with E-state index in [1.807, 2.05) is 6.07 Å². The summed E-state index contributed by atoms with van der Waals surface area (Å²) in [6, 6.07) is 10.9. The maximum atomic E-state index is 14.5. The number of fused-ring (bicyclic) bond motifs is 1. The molecule has 1 N–H and O–H groups in total. The molecule has 0 radical (unpaired) electrons. The summed E-state index contributed by atoms with van der Waals surface area (Å²) in [4.78, 5) is 30.0. The first-order chi connectivity index (χ1) is 15.4. The minimum Gasteiger partial charge on any atom is -0.316 e. The number of hydrogen-bond donors (Lipinski definition) is 1. The number of anilines is 1. The summed E-state index contributed by atoms with van der Waals surface area (Å²) in [7, 11) is 0. The fraction of sp³-hybridized carbons (Fsp3) is 0.0476. The van der Waals surface area contributed by atoms with Gasteiger partial charge in [0.15, 0.2) is 5.16 Å². The molecule has 0 aliphatic carbocycles. The van der Waals surface area contributed by atoms with Crippen LogP contribution in [0.5, 0.6) is 0 Å². The third-order valence-electron chi connectivity index (χ3n) is 4.32. The Morgan fingerprint density at radius 1 is 1.25 bits per heavy atom. The third-order valence-corrected chi connectivity index (χ3v) is 6.32. The fourth-order valence-electron chi connectivity index (χ4n) is 2.90. The summed E-state index contributed by atoms with van der Waals surface area (Å²) in [6.07, 6.45) is 0. The van der Waals surface area contributed by atoms with E-state index in [0.29, 0.717) is 27.2 Å². The zero-order valence-corrected chi connectivity index (χ0v) is 18.3. The highest BCUT2D eigenvalue weighted by Crippen LogP contribution is 2.26. The quantitative estimate of drug-likeness (QED) is 0.316. The average Bonchev–Trinajstić information content (AvgIpc) is 3.20. The van der Waals surface area contributed by atoms with Crippen LogP contribution in [0.2, 0.25) is 5.02 Å². The number of halogens is 3. The van der Waals surface area contributed by atoms with E-state index < -0.39 is 23.1 Å². The highest BCUT2D eigenvalue weighted by atomic mass is 35.5. The van der Waals surface area contributed by atoms with Crippen LogP contribution in [0.15, 0.2) is 57.8 Å². The van der Waals surface area contributed by atoms with Crippen molar-refractivity contribution in [2.24, 2.45) is 0 Å². The molecule has 0 aliphatic heterocycles. The predicted octanol–water partition coefficient (Wildman–Crippen LogP) is 4.98. The summed E-state index contributed by atoms with van der Waals surface area (Å²) >= 11 is 8.10. The second-order valence-corrected chi connectivity index (χ2v) is 8.70. The number of hydrogen-bond acceptors (Lipinski definition) is 6. The standard InChI is InChI=1S/C21H11ClF2N4O2S2/c22-12-1-3-16-14(7-12)20(30)28(17-4-2-13(23)8-15(17)24)21(26-16)32-10-18(29)27-19-11(9-25)5-6-31-19/h1-8H,10H2,(H,27,29). The number of thioether (sulfide) groups is 1. The Morgan fingerprint density at radius 2 is 2.06 bits per heavy atom. The van der Waals surface area contributed by atoms with Crippen molar-refractivity contribution >= 4 is 56.5 Å². The molecule has 2 aromatic heterocycles. The van der Waals surface area contributed by atoms with Crippen LogP contribution in [0.25, 0.3) is 16.6 Å². The van der Waals surface area contributed by atoms with Gasteiger partial charge in [-0.05, 0) is 41.8 Å². The maximum Gasteiger partial charge on any atom is 0.266 e. The monoisotopic (exact) mass is 488 g/mol. The number of nitrogens with zero attached hydrogens (tertiary/aromatic N) is 3. The first kappa shape index (κ1) is 22.0. The second-order valence-electron chi connectivity index (χ2n) is 6.40. The number of thiophene rings is 1. The van der Waals surface area contributed by atoms with Gasteiger partial charge in [0.25, 0.3) is 5.56 Å². The summed E-state index contributed by atoms with van der Waals surface area (Å²) in [5.41, 5.74) is -0.180. The molecule has 6 nitrogen and oxygen atoms in total. The topological polar surface area (TPSA) is 87.8 Å². The van der Waals surface area contributed by atoms with Crippen molar-refractivity contribution in [3.63, 3.8) is 0 Å². The third kappa shape index (κ3) is 4.36. The lowest BCUT2D eigenvalue weighted by molar-refractivity contribution is -0.113. The molecule has 0 fully saturated rings. The minimum atomic E-state index is -0.959. The molecule has 2 aromatic carbocycles. The molecule has 0 aliphatic rings. The minimum absolute atomic E-state index is 0.0390. The van der Waals surface area contributed by atoms with E-state index in [2.05, 4.69) is 10.3 Å². The molecule has 0 saturated carbocycles. The lowest BCUT2D eigenvalue weighted by atomic mass is 10.2. The number of nitriles is 1. The van der Waals surface area contributed by atoms with Crippen molar-refractivity contribution in [1.29, 1.82) is 5.26 Å². The molecule has 4 rings (SSSR count). The zero-order valence-electron chi connectivity index (χ0n) is 15.9.